The lowest BCUT2D eigenvalue weighted by Crippen LogP contribution is -2.37. The first-order valence-electron chi connectivity index (χ1n) is 8.30. The molecule has 0 spiro atoms. The highest BCUT2D eigenvalue weighted by Crippen LogP contribution is 2.33. The number of morpholine rings is 1. The van der Waals surface area contributed by atoms with Crippen molar-refractivity contribution in [3.63, 3.8) is 0 Å². The molecular weight excluding hydrogens is 358 g/mol. The monoisotopic (exact) mass is 379 g/mol. The van der Waals surface area contributed by atoms with Gasteiger partial charge >= 0.3 is 0 Å². The Bertz CT molecular complexity index is 679. The van der Waals surface area contributed by atoms with Crippen molar-refractivity contribution in [3.05, 3.63) is 35.6 Å². The Hall–Kier alpha value is -1.54. The number of rotatable bonds is 7. The smallest absolute Gasteiger partial charge is 0.153 e. The van der Waals surface area contributed by atoms with Crippen LogP contribution in [0.25, 0.3) is 0 Å². The van der Waals surface area contributed by atoms with Crippen molar-refractivity contribution < 1.29 is 4.74 Å². The highest BCUT2D eigenvalue weighted by atomic mass is 35.5. The lowest BCUT2D eigenvalue weighted by Gasteiger charge is -2.26. The molecule has 134 valence electrons. The molecule has 1 aliphatic heterocycles. The van der Waals surface area contributed by atoms with E-state index in [0.29, 0.717) is 16.5 Å². The molecule has 0 aliphatic carbocycles. The zero-order valence-electron chi connectivity index (χ0n) is 13.9. The van der Waals surface area contributed by atoms with Gasteiger partial charge in [-0.2, -0.15) is 0 Å². The van der Waals surface area contributed by atoms with Gasteiger partial charge in [-0.15, -0.1) is 0 Å². The number of hydrogen-bond acceptors (Lipinski definition) is 7. The summed E-state index contributed by atoms with van der Waals surface area (Å²) in [6.07, 6.45) is 2.57. The molecule has 3 rings (SSSR count). The van der Waals surface area contributed by atoms with Crippen LogP contribution in [0.4, 0.5) is 11.5 Å². The quantitative estimate of drug-likeness (QED) is 0.565. The molecule has 8 heteroatoms. The SMILES string of the molecule is Nc1c(NCCCN2CCOCC2)ncnc1Sc1ccc(Cl)cc1. The number of nitrogen functional groups attached to an aromatic ring is 1. The first-order valence-corrected chi connectivity index (χ1v) is 9.49. The van der Waals surface area contributed by atoms with Gasteiger partial charge in [0.05, 0.1) is 13.2 Å². The minimum atomic E-state index is 0.578. The maximum Gasteiger partial charge on any atom is 0.153 e. The fraction of sp³-hybridized carbons (Fsp3) is 0.412. The highest BCUT2D eigenvalue weighted by molar-refractivity contribution is 7.99. The predicted molar refractivity (Wildman–Crippen MR) is 102 cm³/mol. The van der Waals surface area contributed by atoms with Crippen molar-refractivity contribution >= 4 is 34.9 Å². The van der Waals surface area contributed by atoms with Crippen molar-refractivity contribution in [2.75, 3.05) is 50.4 Å². The number of nitrogens with two attached hydrogens (primary N) is 1. The van der Waals surface area contributed by atoms with Crippen LogP contribution in [-0.2, 0) is 4.74 Å². The van der Waals surface area contributed by atoms with Crippen LogP contribution in [0.15, 0.2) is 40.5 Å². The molecule has 2 heterocycles. The maximum atomic E-state index is 6.22. The van der Waals surface area contributed by atoms with Crippen molar-refractivity contribution in [2.45, 2.75) is 16.3 Å². The Labute approximate surface area is 157 Å². The maximum absolute atomic E-state index is 6.22. The standard InChI is InChI=1S/C17H22ClN5OS/c18-13-2-4-14(5-3-13)25-17-15(19)16(21-12-22-17)20-6-1-7-23-8-10-24-11-9-23/h2-5,12H,1,6-11,19H2,(H,20,21,22). The van der Waals surface area contributed by atoms with Gasteiger partial charge in [0.1, 0.15) is 17.0 Å². The Morgan fingerprint density at radius 3 is 2.72 bits per heavy atom. The zero-order chi connectivity index (χ0) is 17.5. The molecule has 25 heavy (non-hydrogen) atoms. The van der Waals surface area contributed by atoms with Gasteiger partial charge in [0.15, 0.2) is 5.82 Å². The highest BCUT2D eigenvalue weighted by Gasteiger charge is 2.11. The lowest BCUT2D eigenvalue weighted by molar-refractivity contribution is 0.0378. The van der Waals surface area contributed by atoms with Crippen LogP contribution in [0.2, 0.25) is 5.02 Å². The van der Waals surface area contributed by atoms with E-state index in [2.05, 4.69) is 20.2 Å². The number of anilines is 2. The van der Waals surface area contributed by atoms with Crippen LogP contribution in [0.3, 0.4) is 0 Å². The van der Waals surface area contributed by atoms with Gasteiger partial charge in [-0.05, 0) is 37.2 Å². The second-order valence-electron chi connectivity index (χ2n) is 5.73. The van der Waals surface area contributed by atoms with Crippen molar-refractivity contribution in [1.29, 1.82) is 0 Å². The number of nitrogens with one attached hydrogen (secondary N) is 1. The number of halogens is 1. The van der Waals surface area contributed by atoms with E-state index in [1.807, 2.05) is 24.3 Å². The van der Waals surface area contributed by atoms with E-state index in [0.717, 1.165) is 55.7 Å². The normalized spacial score (nSPS) is 15.2. The summed E-state index contributed by atoms with van der Waals surface area (Å²) >= 11 is 7.42. The average molecular weight is 380 g/mol. The molecule has 0 amide bonds. The topological polar surface area (TPSA) is 76.3 Å². The van der Waals surface area contributed by atoms with Crippen LogP contribution in [0.5, 0.6) is 0 Å². The molecule has 1 fully saturated rings. The van der Waals surface area contributed by atoms with E-state index in [4.69, 9.17) is 22.1 Å². The first-order chi connectivity index (χ1) is 12.2. The average Bonchev–Trinajstić information content (AvgIpc) is 2.64. The lowest BCUT2D eigenvalue weighted by atomic mass is 10.3. The minimum absolute atomic E-state index is 0.578. The summed E-state index contributed by atoms with van der Waals surface area (Å²) in [5.74, 6) is 0.688. The number of nitrogens with zero attached hydrogens (tertiary/aromatic N) is 3. The summed E-state index contributed by atoms with van der Waals surface area (Å²) in [6, 6.07) is 7.60. The summed E-state index contributed by atoms with van der Waals surface area (Å²) < 4.78 is 5.36. The van der Waals surface area contributed by atoms with Gasteiger partial charge in [-0.3, -0.25) is 4.90 Å². The molecule has 2 aromatic rings. The van der Waals surface area contributed by atoms with E-state index >= 15 is 0 Å². The van der Waals surface area contributed by atoms with Gasteiger partial charge in [-0.25, -0.2) is 9.97 Å². The molecule has 1 aliphatic rings. The summed E-state index contributed by atoms with van der Waals surface area (Å²) in [4.78, 5) is 12.0. The zero-order valence-corrected chi connectivity index (χ0v) is 15.5. The summed E-state index contributed by atoms with van der Waals surface area (Å²) in [5.41, 5.74) is 6.80. The summed E-state index contributed by atoms with van der Waals surface area (Å²) in [6.45, 7) is 5.56. The molecule has 1 aromatic carbocycles. The van der Waals surface area contributed by atoms with Crippen molar-refractivity contribution in [3.8, 4) is 0 Å². The van der Waals surface area contributed by atoms with E-state index in [-0.39, 0.29) is 0 Å². The Morgan fingerprint density at radius 1 is 1.20 bits per heavy atom. The third-order valence-electron chi connectivity index (χ3n) is 3.92. The molecular formula is C17H22ClN5OS. The molecule has 1 saturated heterocycles. The fourth-order valence-corrected chi connectivity index (χ4v) is 3.48. The first kappa shape index (κ1) is 18.3. The minimum Gasteiger partial charge on any atom is -0.394 e. The molecule has 1 aromatic heterocycles. The van der Waals surface area contributed by atoms with Crippen LogP contribution in [0.1, 0.15) is 6.42 Å². The van der Waals surface area contributed by atoms with Crippen LogP contribution in [-0.4, -0.2) is 54.3 Å². The van der Waals surface area contributed by atoms with E-state index < -0.39 is 0 Å². The van der Waals surface area contributed by atoms with E-state index in [1.165, 1.54) is 11.8 Å². The van der Waals surface area contributed by atoms with Crippen LogP contribution < -0.4 is 11.1 Å². The third-order valence-corrected chi connectivity index (χ3v) is 5.20. The number of benzene rings is 1. The van der Waals surface area contributed by atoms with Gasteiger partial charge < -0.3 is 15.8 Å². The van der Waals surface area contributed by atoms with Gasteiger partial charge in [0.25, 0.3) is 0 Å². The largest absolute Gasteiger partial charge is 0.394 e. The van der Waals surface area contributed by atoms with Gasteiger partial charge in [0, 0.05) is 29.6 Å². The van der Waals surface area contributed by atoms with Crippen molar-refractivity contribution in [1.82, 2.24) is 14.9 Å². The summed E-state index contributed by atoms with van der Waals surface area (Å²) in [5, 5.41) is 4.77. The Kier molecular flexibility index (Phi) is 6.75. The molecule has 3 N–H and O–H groups in total. The fourth-order valence-electron chi connectivity index (χ4n) is 2.55. The Balaban J connectivity index is 1.52. The molecule has 6 nitrogen and oxygen atoms in total. The van der Waals surface area contributed by atoms with Crippen LogP contribution in [0, 0.1) is 0 Å². The predicted octanol–water partition coefficient (Wildman–Crippen LogP) is 3.00. The summed E-state index contributed by atoms with van der Waals surface area (Å²) in [7, 11) is 0. The Morgan fingerprint density at radius 2 is 1.96 bits per heavy atom. The van der Waals surface area contributed by atoms with Crippen molar-refractivity contribution in [2.24, 2.45) is 0 Å². The molecule has 0 atom stereocenters. The number of aromatic nitrogens is 2. The molecule has 0 radical (unpaired) electrons. The van der Waals surface area contributed by atoms with Gasteiger partial charge in [0.2, 0.25) is 0 Å². The third kappa shape index (κ3) is 5.47. The number of ether oxygens (including phenoxy) is 1. The second-order valence-corrected chi connectivity index (χ2v) is 7.23. The van der Waals surface area contributed by atoms with Crippen LogP contribution >= 0.6 is 23.4 Å². The van der Waals surface area contributed by atoms with E-state index in [9.17, 15) is 0 Å². The second kappa shape index (κ2) is 9.24. The van der Waals surface area contributed by atoms with E-state index in [1.54, 1.807) is 6.33 Å². The molecule has 0 unspecified atom stereocenters. The number of hydrogen-bond donors (Lipinski definition) is 2. The molecule has 0 bridgehead atoms. The van der Waals surface area contributed by atoms with Gasteiger partial charge in [-0.1, -0.05) is 23.4 Å². The molecule has 0 saturated carbocycles.